The lowest BCUT2D eigenvalue weighted by molar-refractivity contribution is 0.251. The SMILES string of the molecule is Cc1ccc(CNC(=O)Nc2ccno2)cc1. The van der Waals surface area contributed by atoms with Crippen molar-refractivity contribution in [3.8, 4) is 0 Å². The van der Waals surface area contributed by atoms with Crippen LogP contribution in [0.15, 0.2) is 41.1 Å². The summed E-state index contributed by atoms with van der Waals surface area (Å²) in [5, 5.41) is 8.73. The first-order valence-corrected chi connectivity index (χ1v) is 5.25. The Morgan fingerprint density at radius 2 is 2.06 bits per heavy atom. The van der Waals surface area contributed by atoms with Crippen LogP contribution in [0.3, 0.4) is 0 Å². The van der Waals surface area contributed by atoms with Gasteiger partial charge < -0.3 is 9.84 Å². The Morgan fingerprint density at radius 1 is 1.29 bits per heavy atom. The number of carbonyl (C=O) groups excluding carboxylic acids is 1. The molecule has 0 fully saturated rings. The molecule has 0 aliphatic heterocycles. The number of carbonyl (C=O) groups is 1. The molecule has 2 N–H and O–H groups in total. The molecule has 0 radical (unpaired) electrons. The Bertz CT molecular complexity index is 477. The van der Waals surface area contributed by atoms with Gasteiger partial charge in [0.2, 0.25) is 5.88 Å². The zero-order valence-electron chi connectivity index (χ0n) is 9.43. The lowest BCUT2D eigenvalue weighted by atomic mass is 10.1. The van der Waals surface area contributed by atoms with Gasteiger partial charge >= 0.3 is 6.03 Å². The smallest absolute Gasteiger partial charge is 0.321 e. The van der Waals surface area contributed by atoms with Crippen molar-refractivity contribution in [1.82, 2.24) is 10.5 Å². The normalized spacial score (nSPS) is 9.94. The van der Waals surface area contributed by atoms with E-state index < -0.39 is 0 Å². The highest BCUT2D eigenvalue weighted by molar-refractivity contribution is 5.87. The minimum atomic E-state index is -0.317. The van der Waals surface area contributed by atoms with Gasteiger partial charge in [0.1, 0.15) is 0 Å². The van der Waals surface area contributed by atoms with Crippen LogP contribution in [-0.4, -0.2) is 11.2 Å². The van der Waals surface area contributed by atoms with Gasteiger partial charge in [-0.05, 0) is 12.5 Å². The van der Waals surface area contributed by atoms with Gasteiger partial charge in [0.25, 0.3) is 0 Å². The molecule has 0 aliphatic carbocycles. The minimum absolute atomic E-state index is 0.317. The van der Waals surface area contributed by atoms with Gasteiger partial charge in [-0.15, -0.1) is 0 Å². The summed E-state index contributed by atoms with van der Waals surface area (Å²) >= 11 is 0. The van der Waals surface area contributed by atoms with E-state index in [2.05, 4.69) is 15.8 Å². The number of nitrogens with one attached hydrogen (secondary N) is 2. The van der Waals surface area contributed by atoms with E-state index in [4.69, 9.17) is 4.52 Å². The molecule has 1 heterocycles. The van der Waals surface area contributed by atoms with Gasteiger partial charge in [0, 0.05) is 12.6 Å². The Morgan fingerprint density at radius 3 is 2.71 bits per heavy atom. The third kappa shape index (κ3) is 3.34. The average molecular weight is 231 g/mol. The van der Waals surface area contributed by atoms with Crippen molar-refractivity contribution < 1.29 is 9.32 Å². The second kappa shape index (κ2) is 5.16. The van der Waals surface area contributed by atoms with Crippen molar-refractivity contribution in [3.63, 3.8) is 0 Å². The molecule has 0 aliphatic rings. The summed E-state index contributed by atoms with van der Waals surface area (Å²) in [6.07, 6.45) is 1.47. The Kier molecular flexibility index (Phi) is 3.40. The Hall–Kier alpha value is -2.30. The lowest BCUT2D eigenvalue weighted by Gasteiger charge is -2.05. The number of rotatable bonds is 3. The van der Waals surface area contributed by atoms with E-state index in [0.717, 1.165) is 5.56 Å². The molecular formula is C12H13N3O2. The molecule has 2 amide bonds. The van der Waals surface area contributed by atoms with E-state index in [1.807, 2.05) is 31.2 Å². The number of benzene rings is 1. The summed E-state index contributed by atoms with van der Waals surface area (Å²) in [5.74, 6) is 0.325. The lowest BCUT2D eigenvalue weighted by Crippen LogP contribution is -2.27. The molecule has 0 unspecified atom stereocenters. The van der Waals surface area contributed by atoms with Crippen LogP contribution in [0.5, 0.6) is 0 Å². The zero-order valence-corrected chi connectivity index (χ0v) is 9.43. The summed E-state index contributed by atoms with van der Waals surface area (Å²) in [7, 11) is 0. The van der Waals surface area contributed by atoms with Crippen LogP contribution in [0, 0.1) is 6.92 Å². The molecule has 0 spiro atoms. The molecule has 0 saturated carbocycles. The van der Waals surface area contributed by atoms with Crippen LogP contribution >= 0.6 is 0 Å². The fourth-order valence-electron chi connectivity index (χ4n) is 1.32. The summed E-state index contributed by atoms with van der Waals surface area (Å²) in [6.45, 7) is 2.49. The molecule has 0 atom stereocenters. The van der Waals surface area contributed by atoms with Crippen LogP contribution < -0.4 is 10.6 Å². The monoisotopic (exact) mass is 231 g/mol. The van der Waals surface area contributed by atoms with Crippen molar-refractivity contribution in [3.05, 3.63) is 47.7 Å². The molecule has 88 valence electrons. The fraction of sp³-hybridized carbons (Fsp3) is 0.167. The summed E-state index contributed by atoms with van der Waals surface area (Å²) in [6, 6.07) is 9.22. The predicted octanol–water partition coefficient (Wildman–Crippen LogP) is 2.30. The Labute approximate surface area is 98.8 Å². The highest BCUT2D eigenvalue weighted by Crippen LogP contribution is 2.04. The highest BCUT2D eigenvalue weighted by Gasteiger charge is 2.03. The van der Waals surface area contributed by atoms with E-state index in [0.29, 0.717) is 12.4 Å². The van der Waals surface area contributed by atoms with Crippen LogP contribution in [0.2, 0.25) is 0 Å². The molecule has 17 heavy (non-hydrogen) atoms. The standard InChI is InChI=1S/C12H13N3O2/c1-9-2-4-10(5-3-9)8-13-12(16)15-11-6-7-14-17-11/h2-7H,8H2,1H3,(H2,13,15,16). The molecule has 0 saturated heterocycles. The van der Waals surface area contributed by atoms with E-state index in [9.17, 15) is 4.79 Å². The first-order valence-electron chi connectivity index (χ1n) is 5.25. The second-order valence-corrected chi connectivity index (χ2v) is 3.67. The van der Waals surface area contributed by atoms with E-state index >= 15 is 0 Å². The molecule has 5 nitrogen and oxygen atoms in total. The largest absolute Gasteiger partial charge is 0.338 e. The number of aryl methyl sites for hydroxylation is 1. The summed E-state index contributed by atoms with van der Waals surface area (Å²) < 4.78 is 4.75. The first-order chi connectivity index (χ1) is 8.24. The molecule has 1 aromatic carbocycles. The van der Waals surface area contributed by atoms with Gasteiger partial charge in [0.05, 0.1) is 6.20 Å². The maximum absolute atomic E-state index is 11.4. The van der Waals surface area contributed by atoms with Crippen LogP contribution in [0.1, 0.15) is 11.1 Å². The second-order valence-electron chi connectivity index (χ2n) is 3.67. The van der Waals surface area contributed by atoms with Crippen LogP contribution in [0.4, 0.5) is 10.7 Å². The number of anilines is 1. The topological polar surface area (TPSA) is 67.2 Å². The number of urea groups is 1. The van der Waals surface area contributed by atoms with Crippen molar-refractivity contribution in [1.29, 1.82) is 0 Å². The predicted molar refractivity (Wildman–Crippen MR) is 63.5 cm³/mol. The molecule has 0 bridgehead atoms. The molecule has 2 rings (SSSR count). The third-order valence-electron chi connectivity index (χ3n) is 2.25. The van der Waals surface area contributed by atoms with Gasteiger partial charge in [-0.3, -0.25) is 5.32 Å². The van der Waals surface area contributed by atoms with E-state index in [1.165, 1.54) is 11.8 Å². The fourth-order valence-corrected chi connectivity index (χ4v) is 1.32. The Balaban J connectivity index is 1.82. The minimum Gasteiger partial charge on any atom is -0.338 e. The zero-order chi connectivity index (χ0) is 12.1. The first kappa shape index (κ1) is 11.2. The van der Waals surface area contributed by atoms with Gasteiger partial charge in [-0.25, -0.2) is 4.79 Å². The van der Waals surface area contributed by atoms with Gasteiger partial charge in [-0.1, -0.05) is 35.0 Å². The molecule has 5 heteroatoms. The number of hydrogen-bond acceptors (Lipinski definition) is 3. The number of hydrogen-bond donors (Lipinski definition) is 2. The van der Waals surface area contributed by atoms with Crippen LogP contribution in [0.25, 0.3) is 0 Å². The number of amides is 2. The van der Waals surface area contributed by atoms with Crippen molar-refractivity contribution >= 4 is 11.9 Å². The third-order valence-corrected chi connectivity index (χ3v) is 2.25. The number of aromatic nitrogens is 1. The van der Waals surface area contributed by atoms with Gasteiger partial charge in [-0.2, -0.15) is 0 Å². The average Bonchev–Trinajstić information content (AvgIpc) is 2.81. The molecule has 1 aromatic heterocycles. The van der Waals surface area contributed by atoms with Gasteiger partial charge in [0.15, 0.2) is 0 Å². The van der Waals surface area contributed by atoms with Crippen molar-refractivity contribution in [2.24, 2.45) is 0 Å². The maximum atomic E-state index is 11.4. The van der Waals surface area contributed by atoms with Crippen LogP contribution in [-0.2, 0) is 6.54 Å². The van der Waals surface area contributed by atoms with Crippen molar-refractivity contribution in [2.45, 2.75) is 13.5 Å². The summed E-state index contributed by atoms with van der Waals surface area (Å²) in [4.78, 5) is 11.4. The maximum Gasteiger partial charge on any atom is 0.321 e. The van der Waals surface area contributed by atoms with Crippen molar-refractivity contribution in [2.75, 3.05) is 5.32 Å². The summed E-state index contributed by atoms with van der Waals surface area (Å²) in [5.41, 5.74) is 2.24. The molecule has 2 aromatic rings. The highest BCUT2D eigenvalue weighted by atomic mass is 16.5. The van der Waals surface area contributed by atoms with E-state index in [-0.39, 0.29) is 6.03 Å². The number of nitrogens with zero attached hydrogens (tertiary/aromatic N) is 1. The van der Waals surface area contributed by atoms with E-state index in [1.54, 1.807) is 6.07 Å². The quantitative estimate of drug-likeness (QED) is 0.851. The molecular weight excluding hydrogens is 218 g/mol.